The van der Waals surface area contributed by atoms with Gasteiger partial charge < -0.3 is 19.1 Å². The number of hydrogen-bond donors (Lipinski definition) is 3. The van der Waals surface area contributed by atoms with Crippen LogP contribution in [-0.2, 0) is 28.2 Å². The number of alkyl halides is 1. The topological polar surface area (TPSA) is 153 Å². The van der Waals surface area contributed by atoms with Crippen molar-refractivity contribution >= 4 is 25.7 Å². The first-order chi connectivity index (χ1) is 16.8. The van der Waals surface area contributed by atoms with Gasteiger partial charge in [0.1, 0.15) is 24.0 Å². The summed E-state index contributed by atoms with van der Waals surface area (Å²) in [5.41, 5.74) is -2.43. The number of imide groups is 1. The Morgan fingerprint density at radius 2 is 2.00 bits per heavy atom. The summed E-state index contributed by atoms with van der Waals surface area (Å²) in [5, 5.41) is 15.1. The van der Waals surface area contributed by atoms with E-state index in [1.807, 2.05) is 0 Å². The number of hydrogen-bond acceptors (Lipinski definition) is 9. The Bertz CT molecular complexity index is 1010. The van der Waals surface area contributed by atoms with Crippen molar-refractivity contribution in [2.75, 3.05) is 13.2 Å². The van der Waals surface area contributed by atoms with Crippen LogP contribution in [0.5, 0.6) is 5.75 Å². The molecule has 1 aromatic rings. The molecule has 2 aliphatic heterocycles. The average molecular weight is 531 g/mol. The Labute approximate surface area is 208 Å². The molecule has 36 heavy (non-hydrogen) atoms. The molecular weight excluding hydrogens is 500 g/mol. The summed E-state index contributed by atoms with van der Waals surface area (Å²) in [7, 11) is -4.29. The number of para-hydroxylation sites is 1. The zero-order valence-electron chi connectivity index (χ0n) is 20.4. The number of nitrogens with one attached hydrogen (secondary N) is 2. The lowest BCUT2D eigenvalue weighted by molar-refractivity contribution is -0.149. The standard InChI is InChI=1S/C22H31FN3O9P/c1-13(2)33-19(29)14(3)25-36(31,35-15-8-6-5-7-9-15)32-12-16-18(28)22(4,23)20(34-16)26-11-10-17(27)24-21(26)30/h5-9,13-14,16,18,20,28H,10-12H2,1-4H3,(H,25,31)(H,24,27,30). The Morgan fingerprint density at radius 1 is 1.33 bits per heavy atom. The number of aliphatic hydroxyl groups excluding tert-OH is 1. The quantitative estimate of drug-likeness (QED) is 0.301. The maximum Gasteiger partial charge on any atom is 0.459 e. The first kappa shape index (κ1) is 28.0. The molecule has 2 fully saturated rings. The third kappa shape index (κ3) is 6.60. The second-order valence-corrected chi connectivity index (χ2v) is 10.6. The maximum absolute atomic E-state index is 15.5. The molecule has 0 aliphatic carbocycles. The van der Waals surface area contributed by atoms with Crippen LogP contribution in [0, 0.1) is 0 Å². The van der Waals surface area contributed by atoms with E-state index in [0.717, 1.165) is 11.8 Å². The Balaban J connectivity index is 1.74. The predicted molar refractivity (Wildman–Crippen MR) is 123 cm³/mol. The van der Waals surface area contributed by atoms with Crippen LogP contribution >= 0.6 is 7.75 Å². The van der Waals surface area contributed by atoms with Crippen molar-refractivity contribution < 1.29 is 47.0 Å². The number of carbonyl (C=O) groups excluding carboxylic acids is 3. The summed E-state index contributed by atoms with van der Waals surface area (Å²) in [6.45, 7) is 5.04. The molecule has 2 aliphatic rings. The molecule has 1 aromatic carbocycles. The molecule has 200 valence electrons. The first-order valence-corrected chi connectivity index (χ1v) is 13.0. The van der Waals surface area contributed by atoms with E-state index in [0.29, 0.717) is 0 Å². The van der Waals surface area contributed by atoms with Gasteiger partial charge in [-0.25, -0.2) is 13.8 Å². The molecule has 3 rings (SSSR count). The molecule has 3 amide bonds. The summed E-state index contributed by atoms with van der Waals surface area (Å²) >= 11 is 0. The number of urea groups is 1. The fourth-order valence-corrected chi connectivity index (χ4v) is 5.20. The van der Waals surface area contributed by atoms with Gasteiger partial charge in [-0.3, -0.25) is 24.3 Å². The number of ether oxygens (including phenoxy) is 2. The zero-order chi connectivity index (χ0) is 26.7. The highest BCUT2D eigenvalue weighted by molar-refractivity contribution is 7.52. The number of amides is 3. The molecule has 0 aromatic heterocycles. The molecule has 0 radical (unpaired) electrons. The first-order valence-electron chi connectivity index (χ1n) is 11.4. The Hall–Kier alpha value is -2.57. The summed E-state index contributed by atoms with van der Waals surface area (Å²) in [6, 6.07) is 6.04. The van der Waals surface area contributed by atoms with Crippen LogP contribution in [0.25, 0.3) is 0 Å². The van der Waals surface area contributed by atoms with Crippen molar-refractivity contribution in [3.8, 4) is 5.75 Å². The van der Waals surface area contributed by atoms with Crippen LogP contribution in [-0.4, -0.2) is 77.3 Å². The van der Waals surface area contributed by atoms with Gasteiger partial charge >= 0.3 is 19.7 Å². The average Bonchev–Trinajstić information content (AvgIpc) is 3.01. The summed E-state index contributed by atoms with van der Waals surface area (Å²) in [5.74, 6) is -1.05. The molecule has 2 saturated heterocycles. The van der Waals surface area contributed by atoms with Crippen molar-refractivity contribution in [1.29, 1.82) is 0 Å². The highest BCUT2D eigenvalue weighted by Gasteiger charge is 2.58. The normalized spacial score (nSPS) is 29.0. The van der Waals surface area contributed by atoms with E-state index in [4.69, 9.17) is 18.5 Å². The van der Waals surface area contributed by atoms with Crippen LogP contribution in [0.4, 0.5) is 9.18 Å². The number of esters is 1. The van der Waals surface area contributed by atoms with Crippen molar-refractivity contribution in [1.82, 2.24) is 15.3 Å². The number of halogens is 1. The van der Waals surface area contributed by atoms with Crippen LogP contribution < -0.4 is 14.9 Å². The van der Waals surface area contributed by atoms with Gasteiger partial charge in [-0.05, 0) is 39.8 Å². The second-order valence-electron chi connectivity index (χ2n) is 8.95. The lowest BCUT2D eigenvalue weighted by atomic mass is 9.97. The molecular formula is C22H31FN3O9P. The monoisotopic (exact) mass is 531 g/mol. The van der Waals surface area contributed by atoms with E-state index in [1.54, 1.807) is 32.0 Å². The van der Waals surface area contributed by atoms with E-state index in [9.17, 15) is 24.1 Å². The molecule has 12 nitrogen and oxygen atoms in total. The number of carbonyl (C=O) groups is 3. The van der Waals surface area contributed by atoms with Gasteiger partial charge in [0.05, 0.1) is 12.7 Å². The minimum absolute atomic E-state index is 0.0622. The largest absolute Gasteiger partial charge is 0.462 e. The third-order valence-electron chi connectivity index (χ3n) is 5.52. The van der Waals surface area contributed by atoms with Gasteiger partial charge in [-0.2, -0.15) is 5.09 Å². The van der Waals surface area contributed by atoms with Gasteiger partial charge in [0.2, 0.25) is 5.91 Å². The van der Waals surface area contributed by atoms with Crippen molar-refractivity contribution in [3.05, 3.63) is 30.3 Å². The number of aliphatic hydroxyl groups is 1. The van der Waals surface area contributed by atoms with E-state index >= 15 is 4.39 Å². The molecule has 0 spiro atoms. The smallest absolute Gasteiger partial charge is 0.459 e. The summed E-state index contributed by atoms with van der Waals surface area (Å²) in [4.78, 5) is 36.8. The second kappa shape index (κ2) is 11.2. The lowest BCUT2D eigenvalue weighted by Gasteiger charge is -2.35. The van der Waals surface area contributed by atoms with Gasteiger partial charge in [0.25, 0.3) is 0 Å². The van der Waals surface area contributed by atoms with E-state index in [1.165, 1.54) is 19.1 Å². The molecule has 2 heterocycles. The fourth-order valence-electron chi connectivity index (χ4n) is 3.70. The van der Waals surface area contributed by atoms with E-state index in [-0.39, 0.29) is 18.7 Å². The lowest BCUT2D eigenvalue weighted by Crippen LogP contribution is -2.59. The minimum atomic E-state index is -4.29. The zero-order valence-corrected chi connectivity index (χ0v) is 21.3. The molecule has 6 atom stereocenters. The van der Waals surface area contributed by atoms with E-state index in [2.05, 4.69) is 10.4 Å². The Morgan fingerprint density at radius 3 is 2.61 bits per heavy atom. The third-order valence-corrected chi connectivity index (χ3v) is 7.17. The molecule has 14 heteroatoms. The van der Waals surface area contributed by atoms with Crippen LogP contribution in [0.15, 0.2) is 30.3 Å². The summed E-state index contributed by atoms with van der Waals surface area (Å²) in [6.07, 6.45) is -5.14. The molecule has 0 saturated carbocycles. The molecule has 3 N–H and O–H groups in total. The van der Waals surface area contributed by atoms with Crippen molar-refractivity contribution in [3.63, 3.8) is 0 Å². The fraction of sp³-hybridized carbons (Fsp3) is 0.591. The van der Waals surface area contributed by atoms with E-state index < -0.39 is 68.5 Å². The number of nitrogens with zero attached hydrogens (tertiary/aromatic N) is 1. The Kier molecular flexibility index (Phi) is 8.73. The van der Waals surface area contributed by atoms with Gasteiger partial charge in [0.15, 0.2) is 11.9 Å². The van der Waals surface area contributed by atoms with Crippen LogP contribution in [0.1, 0.15) is 34.1 Å². The molecule has 0 bridgehead atoms. The van der Waals surface area contributed by atoms with Crippen molar-refractivity contribution in [2.24, 2.45) is 0 Å². The maximum atomic E-state index is 15.5. The molecule has 6 unspecified atom stereocenters. The highest BCUT2D eigenvalue weighted by atomic mass is 31.2. The van der Waals surface area contributed by atoms with Gasteiger partial charge in [-0.1, -0.05) is 18.2 Å². The van der Waals surface area contributed by atoms with Gasteiger partial charge in [0, 0.05) is 13.0 Å². The SMILES string of the molecule is CC(C)OC(=O)C(C)NP(=O)(OCC1OC(N2CCC(=O)NC2=O)C(C)(F)C1O)Oc1ccccc1. The van der Waals surface area contributed by atoms with Crippen LogP contribution in [0.3, 0.4) is 0 Å². The van der Waals surface area contributed by atoms with Gasteiger partial charge in [-0.15, -0.1) is 0 Å². The predicted octanol–water partition coefficient (Wildman–Crippen LogP) is 1.88. The van der Waals surface area contributed by atoms with Crippen LogP contribution in [0.2, 0.25) is 0 Å². The number of benzene rings is 1. The number of rotatable bonds is 10. The highest BCUT2D eigenvalue weighted by Crippen LogP contribution is 2.46. The summed E-state index contributed by atoms with van der Waals surface area (Å²) < 4.78 is 50.7. The minimum Gasteiger partial charge on any atom is -0.462 e. The van der Waals surface area contributed by atoms with Crippen molar-refractivity contribution in [2.45, 2.75) is 70.4 Å².